The van der Waals surface area contributed by atoms with E-state index in [1.807, 2.05) is 4.72 Å². The lowest BCUT2D eigenvalue weighted by Crippen LogP contribution is -2.42. The molecule has 1 aromatic carbocycles. The van der Waals surface area contributed by atoms with Crippen molar-refractivity contribution in [1.29, 1.82) is 0 Å². The van der Waals surface area contributed by atoms with Gasteiger partial charge in [0.15, 0.2) is 0 Å². The molecule has 5 nitrogen and oxygen atoms in total. The average molecular weight is 305 g/mol. The van der Waals surface area contributed by atoms with Crippen LogP contribution in [0.25, 0.3) is 0 Å². The van der Waals surface area contributed by atoms with Crippen molar-refractivity contribution >= 4 is 15.9 Å². The van der Waals surface area contributed by atoms with Gasteiger partial charge in [0.2, 0.25) is 10.0 Å². The largest absolute Gasteiger partial charge is 0.380 e. The molecule has 1 atom stereocenters. The molecule has 0 unspecified atom stereocenters. The molecule has 0 bridgehead atoms. The molecule has 0 radical (unpaired) electrons. The number of amides is 1. The molecule has 1 aliphatic rings. The smallest absolute Gasteiger partial charge is 0.264 e. The molecule has 1 aliphatic heterocycles. The topological polar surface area (TPSA) is 72.5 Å². The van der Waals surface area contributed by atoms with Crippen LogP contribution in [0.3, 0.4) is 0 Å². The molecule has 1 heterocycles. The summed E-state index contributed by atoms with van der Waals surface area (Å²) in [7, 11) is -3.93. The maximum absolute atomic E-state index is 13.0. The summed E-state index contributed by atoms with van der Waals surface area (Å²) >= 11 is 0. The summed E-state index contributed by atoms with van der Waals surface area (Å²) in [6.07, 6.45) is 0.953. The predicted octanol–water partition coefficient (Wildman–Crippen LogP) is 1.20. The second kappa shape index (κ2) is 5.84. The van der Waals surface area contributed by atoms with Crippen molar-refractivity contribution in [3.05, 3.63) is 35.4 Å². The van der Waals surface area contributed by atoms with Gasteiger partial charge in [-0.1, -0.05) is 0 Å². The van der Waals surface area contributed by atoms with E-state index in [1.54, 1.807) is 0 Å². The Balaban J connectivity index is 2.13. The molecular weight excluding hydrogens is 292 g/mol. The number of hydrogen-bond donors (Lipinski definition) is 1. The zero-order valence-electron chi connectivity index (χ0n) is 10.4. The van der Waals surface area contributed by atoms with E-state index in [1.165, 1.54) is 0 Å². The number of nitrogens with one attached hydrogen (secondary N) is 1. The summed E-state index contributed by atoms with van der Waals surface area (Å²) in [5, 5.41) is -0.835. The Hall–Kier alpha value is -1.54. The molecule has 2 rings (SSSR count). The van der Waals surface area contributed by atoms with Crippen molar-refractivity contribution in [2.24, 2.45) is 0 Å². The van der Waals surface area contributed by atoms with Crippen LogP contribution < -0.4 is 4.72 Å². The Morgan fingerprint density at radius 3 is 2.45 bits per heavy atom. The standard InChI is InChI=1S/C12H13F2NO4S/c13-9-4-8(5-10(14)6-9)12(16)15-20(17,18)11-2-1-3-19-7-11/h4-6,11H,1-3,7H2,(H,15,16)/t11-/m0/s1. The number of ether oxygens (including phenoxy) is 1. The van der Waals surface area contributed by atoms with Crippen LogP contribution >= 0.6 is 0 Å². The quantitative estimate of drug-likeness (QED) is 0.911. The highest BCUT2D eigenvalue weighted by atomic mass is 32.2. The summed E-state index contributed by atoms with van der Waals surface area (Å²) < 4.78 is 56.7. The minimum Gasteiger partial charge on any atom is -0.380 e. The number of carbonyl (C=O) groups is 1. The van der Waals surface area contributed by atoms with Gasteiger partial charge in [0.05, 0.1) is 6.61 Å². The van der Waals surface area contributed by atoms with Gasteiger partial charge in [-0.25, -0.2) is 21.9 Å². The molecule has 20 heavy (non-hydrogen) atoms. The highest BCUT2D eigenvalue weighted by molar-refractivity contribution is 7.90. The zero-order valence-corrected chi connectivity index (χ0v) is 11.3. The third-order valence-electron chi connectivity index (χ3n) is 2.92. The van der Waals surface area contributed by atoms with Crippen LogP contribution in [0.5, 0.6) is 0 Å². The normalized spacial score (nSPS) is 19.6. The van der Waals surface area contributed by atoms with Crippen LogP contribution in [0.2, 0.25) is 0 Å². The minimum absolute atomic E-state index is 0.000124. The second-order valence-electron chi connectivity index (χ2n) is 4.47. The third-order valence-corrected chi connectivity index (χ3v) is 4.64. The number of benzene rings is 1. The Morgan fingerprint density at radius 1 is 1.25 bits per heavy atom. The molecule has 110 valence electrons. The van der Waals surface area contributed by atoms with Gasteiger partial charge < -0.3 is 4.74 Å². The summed E-state index contributed by atoms with van der Waals surface area (Å²) in [6, 6.07) is 2.14. The summed E-state index contributed by atoms with van der Waals surface area (Å²) in [5.41, 5.74) is -0.386. The van der Waals surface area contributed by atoms with Crippen LogP contribution in [0.15, 0.2) is 18.2 Å². The maximum atomic E-state index is 13.0. The molecule has 8 heteroatoms. The monoisotopic (exact) mass is 305 g/mol. The van der Waals surface area contributed by atoms with E-state index in [9.17, 15) is 22.0 Å². The lowest BCUT2D eigenvalue weighted by Gasteiger charge is -2.22. The summed E-state index contributed by atoms with van der Waals surface area (Å²) in [4.78, 5) is 11.7. The Morgan fingerprint density at radius 2 is 1.90 bits per heavy atom. The molecule has 1 fully saturated rings. The fourth-order valence-corrected chi connectivity index (χ4v) is 3.21. The van der Waals surface area contributed by atoms with Crippen LogP contribution in [0.1, 0.15) is 23.2 Å². The predicted molar refractivity (Wildman–Crippen MR) is 66.6 cm³/mol. The van der Waals surface area contributed by atoms with E-state index >= 15 is 0 Å². The van der Waals surface area contributed by atoms with Crippen molar-refractivity contribution < 1.29 is 26.7 Å². The number of carbonyl (C=O) groups excluding carboxylic acids is 1. The Kier molecular flexibility index (Phi) is 4.34. The van der Waals surface area contributed by atoms with Crippen molar-refractivity contribution in [1.82, 2.24) is 4.72 Å². The number of halogens is 2. The number of sulfonamides is 1. The third kappa shape index (κ3) is 3.51. The lowest BCUT2D eigenvalue weighted by atomic mass is 10.2. The fraction of sp³-hybridized carbons (Fsp3) is 0.417. The first-order chi connectivity index (χ1) is 9.38. The van der Waals surface area contributed by atoms with E-state index in [2.05, 4.69) is 0 Å². The van der Waals surface area contributed by atoms with E-state index in [4.69, 9.17) is 4.74 Å². The van der Waals surface area contributed by atoms with Crippen LogP contribution in [-0.2, 0) is 14.8 Å². The minimum atomic E-state index is -3.93. The van der Waals surface area contributed by atoms with Gasteiger partial charge in [0.1, 0.15) is 16.9 Å². The maximum Gasteiger partial charge on any atom is 0.264 e. The molecular formula is C12H13F2NO4S. The van der Waals surface area contributed by atoms with Crippen molar-refractivity contribution in [2.45, 2.75) is 18.1 Å². The van der Waals surface area contributed by atoms with Gasteiger partial charge in [0.25, 0.3) is 5.91 Å². The average Bonchev–Trinajstić information content (AvgIpc) is 2.38. The van der Waals surface area contributed by atoms with Crippen molar-refractivity contribution in [3.8, 4) is 0 Å². The Bertz CT molecular complexity index is 592. The highest BCUT2D eigenvalue weighted by Crippen LogP contribution is 2.15. The first-order valence-corrected chi connectivity index (χ1v) is 7.53. The Labute approximate surface area is 115 Å². The zero-order chi connectivity index (χ0) is 14.8. The van der Waals surface area contributed by atoms with Crippen LogP contribution in [0.4, 0.5) is 8.78 Å². The molecule has 1 N–H and O–H groups in total. The summed E-state index contributed by atoms with van der Waals surface area (Å²) in [5.74, 6) is -2.96. The first kappa shape index (κ1) is 14.9. The highest BCUT2D eigenvalue weighted by Gasteiger charge is 2.29. The molecule has 0 spiro atoms. The molecule has 0 aliphatic carbocycles. The molecule has 1 saturated heterocycles. The molecule has 0 saturated carbocycles. The van der Waals surface area contributed by atoms with Gasteiger partial charge in [-0.2, -0.15) is 0 Å². The van der Waals surface area contributed by atoms with E-state index in [0.29, 0.717) is 25.5 Å². The number of hydrogen-bond acceptors (Lipinski definition) is 4. The van der Waals surface area contributed by atoms with Gasteiger partial charge in [-0.3, -0.25) is 4.79 Å². The second-order valence-corrected chi connectivity index (χ2v) is 6.43. The van der Waals surface area contributed by atoms with Crippen molar-refractivity contribution in [3.63, 3.8) is 0 Å². The van der Waals surface area contributed by atoms with E-state index in [0.717, 1.165) is 12.1 Å². The summed E-state index contributed by atoms with van der Waals surface area (Å²) in [6.45, 7) is 0.481. The molecule has 0 aromatic heterocycles. The van der Waals surface area contributed by atoms with E-state index in [-0.39, 0.29) is 12.2 Å². The molecule has 1 amide bonds. The van der Waals surface area contributed by atoms with Crippen LogP contribution in [-0.4, -0.2) is 32.8 Å². The van der Waals surface area contributed by atoms with Crippen molar-refractivity contribution in [2.75, 3.05) is 13.2 Å². The van der Waals surface area contributed by atoms with Gasteiger partial charge in [0, 0.05) is 18.2 Å². The fourth-order valence-electron chi connectivity index (χ4n) is 1.91. The van der Waals surface area contributed by atoms with E-state index < -0.39 is 32.8 Å². The number of rotatable bonds is 3. The van der Waals surface area contributed by atoms with Gasteiger partial charge >= 0.3 is 0 Å². The van der Waals surface area contributed by atoms with Crippen LogP contribution in [0, 0.1) is 11.6 Å². The van der Waals surface area contributed by atoms with Gasteiger partial charge in [-0.05, 0) is 25.0 Å². The first-order valence-electron chi connectivity index (χ1n) is 5.98. The molecule has 1 aromatic rings. The van der Waals surface area contributed by atoms with Gasteiger partial charge in [-0.15, -0.1) is 0 Å². The SMILES string of the molecule is O=C(NS(=O)(=O)[C@H]1CCCOC1)c1cc(F)cc(F)c1. The lowest BCUT2D eigenvalue weighted by molar-refractivity contribution is 0.0952.